The molecule has 3 N–H and O–H groups in total. The van der Waals surface area contributed by atoms with E-state index >= 15 is 0 Å². The highest BCUT2D eigenvalue weighted by atomic mass is 35.5. The van der Waals surface area contributed by atoms with E-state index in [4.69, 9.17) is 5.73 Å². The Morgan fingerprint density at radius 3 is 2.52 bits per heavy atom. The van der Waals surface area contributed by atoms with Gasteiger partial charge in [-0.05, 0) is 38.5 Å². The second-order valence-electron chi connectivity index (χ2n) is 6.65. The molecule has 2 rings (SSSR count). The number of nitrogens with one attached hydrogen (secondary N) is 1. The van der Waals surface area contributed by atoms with Crippen molar-refractivity contribution in [2.45, 2.75) is 51.0 Å². The molecule has 0 radical (unpaired) electrons. The van der Waals surface area contributed by atoms with Crippen LogP contribution >= 0.6 is 12.4 Å². The molecule has 0 saturated heterocycles. The zero-order valence-corrected chi connectivity index (χ0v) is 14.3. The highest BCUT2D eigenvalue weighted by Gasteiger charge is 2.37. The number of hydrogen-bond donors (Lipinski definition) is 2. The SMILES string of the molecule is CC1(N)CCCCC1C(=O)NCCS(=O)(=O)CC1CC1.Cl. The zero-order valence-electron chi connectivity index (χ0n) is 12.6. The monoisotopic (exact) mass is 338 g/mol. The number of amides is 1. The summed E-state index contributed by atoms with van der Waals surface area (Å²) in [6.07, 6.45) is 5.79. The third-order valence-corrected chi connectivity index (χ3v) is 6.28. The number of carbonyl (C=O) groups excluding carboxylic acids is 1. The molecule has 7 heteroatoms. The van der Waals surface area contributed by atoms with Gasteiger partial charge >= 0.3 is 0 Å². The van der Waals surface area contributed by atoms with E-state index in [9.17, 15) is 13.2 Å². The van der Waals surface area contributed by atoms with Crippen molar-refractivity contribution in [3.8, 4) is 0 Å². The summed E-state index contributed by atoms with van der Waals surface area (Å²) < 4.78 is 23.6. The lowest BCUT2D eigenvalue weighted by atomic mass is 9.74. The quantitative estimate of drug-likeness (QED) is 0.763. The smallest absolute Gasteiger partial charge is 0.224 e. The molecule has 0 aliphatic heterocycles. The van der Waals surface area contributed by atoms with Crippen LogP contribution in [0.25, 0.3) is 0 Å². The zero-order chi connectivity index (χ0) is 14.8. The summed E-state index contributed by atoms with van der Waals surface area (Å²) in [6.45, 7) is 2.13. The van der Waals surface area contributed by atoms with E-state index in [1.54, 1.807) is 0 Å². The van der Waals surface area contributed by atoms with Gasteiger partial charge in [0.25, 0.3) is 0 Å². The summed E-state index contributed by atoms with van der Waals surface area (Å²) in [7, 11) is -3.02. The maximum Gasteiger partial charge on any atom is 0.224 e. The first kappa shape index (κ1) is 18.7. The van der Waals surface area contributed by atoms with Gasteiger partial charge in [-0.3, -0.25) is 4.79 Å². The number of sulfone groups is 1. The lowest BCUT2D eigenvalue weighted by Gasteiger charge is -2.37. The fourth-order valence-corrected chi connectivity index (χ4v) is 4.60. The average molecular weight is 339 g/mol. The van der Waals surface area contributed by atoms with Crippen molar-refractivity contribution < 1.29 is 13.2 Å². The van der Waals surface area contributed by atoms with Crippen LogP contribution in [-0.2, 0) is 14.6 Å². The molecular weight excluding hydrogens is 312 g/mol. The lowest BCUT2D eigenvalue weighted by Crippen LogP contribution is -2.53. The number of halogens is 1. The van der Waals surface area contributed by atoms with Crippen molar-refractivity contribution >= 4 is 28.2 Å². The van der Waals surface area contributed by atoms with Crippen molar-refractivity contribution in [3.05, 3.63) is 0 Å². The summed E-state index contributed by atoms with van der Waals surface area (Å²) in [5.74, 6) is 0.407. The average Bonchev–Trinajstić information content (AvgIpc) is 3.11. The molecule has 2 unspecified atom stereocenters. The molecule has 0 aromatic carbocycles. The second-order valence-corrected chi connectivity index (χ2v) is 8.88. The van der Waals surface area contributed by atoms with Gasteiger partial charge in [0.1, 0.15) is 0 Å². The van der Waals surface area contributed by atoms with Crippen LogP contribution in [0, 0.1) is 11.8 Å². The maximum absolute atomic E-state index is 12.1. The summed E-state index contributed by atoms with van der Waals surface area (Å²) in [5, 5.41) is 2.76. The predicted octanol–water partition coefficient (Wildman–Crippen LogP) is 1.26. The van der Waals surface area contributed by atoms with Crippen LogP contribution in [0.15, 0.2) is 0 Å². The van der Waals surface area contributed by atoms with Gasteiger partial charge in [-0.2, -0.15) is 0 Å². The van der Waals surface area contributed by atoms with Gasteiger partial charge < -0.3 is 11.1 Å². The minimum absolute atomic E-state index is 0. The van der Waals surface area contributed by atoms with Gasteiger partial charge in [0.2, 0.25) is 5.91 Å². The van der Waals surface area contributed by atoms with Gasteiger partial charge in [0.05, 0.1) is 17.4 Å². The molecule has 5 nitrogen and oxygen atoms in total. The second kappa shape index (κ2) is 7.29. The topological polar surface area (TPSA) is 89.3 Å². The third-order valence-electron chi connectivity index (χ3n) is 4.47. The van der Waals surface area contributed by atoms with E-state index in [0.717, 1.165) is 38.5 Å². The lowest BCUT2D eigenvalue weighted by molar-refractivity contribution is -0.127. The van der Waals surface area contributed by atoms with E-state index < -0.39 is 15.4 Å². The summed E-state index contributed by atoms with van der Waals surface area (Å²) in [4.78, 5) is 12.1. The van der Waals surface area contributed by atoms with Crippen molar-refractivity contribution in [1.82, 2.24) is 5.32 Å². The fourth-order valence-electron chi connectivity index (χ4n) is 2.97. The molecule has 21 heavy (non-hydrogen) atoms. The van der Waals surface area contributed by atoms with Gasteiger partial charge in [0.15, 0.2) is 9.84 Å². The van der Waals surface area contributed by atoms with Crippen LogP contribution in [0.3, 0.4) is 0 Å². The molecule has 2 saturated carbocycles. The highest BCUT2D eigenvalue weighted by Crippen LogP contribution is 2.32. The molecule has 2 aliphatic carbocycles. The van der Waals surface area contributed by atoms with Crippen LogP contribution in [0.2, 0.25) is 0 Å². The van der Waals surface area contributed by atoms with Crippen molar-refractivity contribution in [1.29, 1.82) is 0 Å². The van der Waals surface area contributed by atoms with E-state index in [2.05, 4.69) is 5.32 Å². The Kier molecular flexibility index (Phi) is 6.50. The molecule has 2 aliphatic rings. The molecular formula is C14H27ClN2O3S. The Morgan fingerprint density at radius 1 is 1.29 bits per heavy atom. The summed E-state index contributed by atoms with van der Waals surface area (Å²) in [5.41, 5.74) is 5.71. The van der Waals surface area contributed by atoms with Crippen molar-refractivity contribution in [3.63, 3.8) is 0 Å². The first-order valence-corrected chi connectivity index (χ1v) is 9.39. The molecule has 0 bridgehead atoms. The molecule has 124 valence electrons. The van der Waals surface area contributed by atoms with Gasteiger partial charge in [-0.1, -0.05) is 12.8 Å². The highest BCUT2D eigenvalue weighted by molar-refractivity contribution is 7.91. The summed E-state index contributed by atoms with van der Waals surface area (Å²) >= 11 is 0. The van der Waals surface area contributed by atoms with Gasteiger partial charge in [0, 0.05) is 12.1 Å². The standard InChI is InChI=1S/C14H26N2O3S.ClH/c1-14(15)7-3-2-4-12(14)13(17)16-8-9-20(18,19)10-11-5-6-11;/h11-12H,2-10,15H2,1H3,(H,16,17);1H. The van der Waals surface area contributed by atoms with Gasteiger partial charge in [-0.15, -0.1) is 12.4 Å². The molecule has 2 fully saturated rings. The summed E-state index contributed by atoms with van der Waals surface area (Å²) in [6, 6.07) is 0. The molecule has 0 aromatic heterocycles. The Morgan fingerprint density at radius 2 is 1.95 bits per heavy atom. The van der Waals surface area contributed by atoms with E-state index in [1.807, 2.05) is 6.92 Å². The van der Waals surface area contributed by atoms with Crippen molar-refractivity contribution in [2.75, 3.05) is 18.1 Å². The van der Waals surface area contributed by atoms with Crippen LogP contribution in [-0.4, -0.2) is 37.9 Å². The van der Waals surface area contributed by atoms with Crippen LogP contribution in [0.5, 0.6) is 0 Å². The fraction of sp³-hybridized carbons (Fsp3) is 0.929. The minimum Gasteiger partial charge on any atom is -0.355 e. The third kappa shape index (κ3) is 5.75. The van der Waals surface area contributed by atoms with Crippen LogP contribution < -0.4 is 11.1 Å². The van der Waals surface area contributed by atoms with E-state index in [0.29, 0.717) is 5.92 Å². The van der Waals surface area contributed by atoms with Crippen LogP contribution in [0.1, 0.15) is 45.4 Å². The van der Waals surface area contributed by atoms with Crippen LogP contribution in [0.4, 0.5) is 0 Å². The Hall–Kier alpha value is -0.330. The molecule has 1 amide bonds. The first-order valence-electron chi connectivity index (χ1n) is 7.57. The Labute approximate surface area is 133 Å². The molecule has 0 aromatic rings. The number of rotatable bonds is 6. The van der Waals surface area contributed by atoms with E-state index in [-0.39, 0.29) is 42.3 Å². The number of carbonyl (C=O) groups is 1. The Bertz CT molecular complexity index is 461. The molecule has 0 spiro atoms. The van der Waals surface area contributed by atoms with E-state index in [1.165, 1.54) is 0 Å². The van der Waals surface area contributed by atoms with Gasteiger partial charge in [-0.25, -0.2) is 8.42 Å². The predicted molar refractivity (Wildman–Crippen MR) is 86.2 cm³/mol. The molecule has 2 atom stereocenters. The normalized spacial score (nSPS) is 29.5. The number of nitrogens with two attached hydrogens (primary N) is 1. The largest absolute Gasteiger partial charge is 0.355 e. The maximum atomic E-state index is 12.1. The first-order chi connectivity index (χ1) is 9.30. The number of hydrogen-bond acceptors (Lipinski definition) is 4. The molecule has 0 heterocycles. The Balaban J connectivity index is 0.00000220. The van der Waals surface area contributed by atoms with Crippen molar-refractivity contribution in [2.24, 2.45) is 17.6 Å². The minimum atomic E-state index is -3.02.